The molecular formula is C26H23N7O. The van der Waals surface area contributed by atoms with Gasteiger partial charge in [-0.15, -0.1) is 0 Å². The van der Waals surface area contributed by atoms with Gasteiger partial charge in [0.2, 0.25) is 5.95 Å². The minimum atomic E-state index is 0.512. The van der Waals surface area contributed by atoms with Crippen molar-refractivity contribution >= 4 is 50.2 Å². The highest BCUT2D eigenvalue weighted by Crippen LogP contribution is 2.28. The maximum absolute atomic E-state index is 5.42. The quantitative estimate of drug-likeness (QED) is 0.260. The minimum Gasteiger partial charge on any atom is -0.497 e. The lowest BCUT2D eigenvalue weighted by molar-refractivity contribution is 0.415. The Balaban J connectivity index is 1.30. The van der Waals surface area contributed by atoms with Crippen LogP contribution in [0.3, 0.4) is 0 Å². The van der Waals surface area contributed by atoms with E-state index in [1.165, 1.54) is 10.9 Å². The van der Waals surface area contributed by atoms with E-state index in [0.29, 0.717) is 5.95 Å². The van der Waals surface area contributed by atoms with Gasteiger partial charge in [-0.3, -0.25) is 5.10 Å². The fourth-order valence-corrected chi connectivity index (χ4v) is 4.23. The summed E-state index contributed by atoms with van der Waals surface area (Å²) in [7, 11) is 1.65. The van der Waals surface area contributed by atoms with Crippen LogP contribution in [0.4, 0.5) is 17.5 Å². The first-order chi connectivity index (χ1) is 16.8. The Bertz CT molecular complexity index is 1620. The van der Waals surface area contributed by atoms with Crippen LogP contribution in [0.2, 0.25) is 0 Å². The average molecular weight is 450 g/mol. The largest absolute Gasteiger partial charge is 0.497 e. The SMILES string of the molecule is COc1ccc2c(NCCc3c[nH]c4ccccc34)nc(Nc3ccc4[nH]ncc4c3)nc2c1. The smallest absolute Gasteiger partial charge is 0.229 e. The number of nitrogens with one attached hydrogen (secondary N) is 4. The topological polar surface area (TPSA) is 104 Å². The molecule has 3 aromatic carbocycles. The third-order valence-corrected chi connectivity index (χ3v) is 5.96. The van der Waals surface area contributed by atoms with Gasteiger partial charge in [0.05, 0.1) is 24.3 Å². The van der Waals surface area contributed by atoms with Crippen LogP contribution in [0.5, 0.6) is 5.75 Å². The van der Waals surface area contributed by atoms with E-state index in [0.717, 1.165) is 57.5 Å². The van der Waals surface area contributed by atoms with Gasteiger partial charge in [-0.25, -0.2) is 4.98 Å². The van der Waals surface area contributed by atoms with Gasteiger partial charge in [-0.05, 0) is 48.4 Å². The first-order valence-corrected chi connectivity index (χ1v) is 11.1. The average Bonchev–Trinajstić information content (AvgIpc) is 3.50. The van der Waals surface area contributed by atoms with Crippen LogP contribution in [-0.4, -0.2) is 38.8 Å². The molecule has 3 heterocycles. The molecule has 0 saturated heterocycles. The number of methoxy groups -OCH3 is 1. The van der Waals surface area contributed by atoms with Gasteiger partial charge in [0.25, 0.3) is 0 Å². The van der Waals surface area contributed by atoms with Crippen molar-refractivity contribution in [1.29, 1.82) is 0 Å². The number of hydrogen-bond acceptors (Lipinski definition) is 6. The van der Waals surface area contributed by atoms with Crippen molar-refractivity contribution in [1.82, 2.24) is 25.1 Å². The second-order valence-electron chi connectivity index (χ2n) is 8.11. The fourth-order valence-electron chi connectivity index (χ4n) is 4.23. The molecule has 0 spiro atoms. The zero-order chi connectivity index (χ0) is 22.9. The van der Waals surface area contributed by atoms with Crippen LogP contribution >= 0.6 is 0 Å². The highest BCUT2D eigenvalue weighted by Gasteiger charge is 2.11. The molecule has 6 rings (SSSR count). The van der Waals surface area contributed by atoms with Crippen LogP contribution in [0.15, 0.2) is 73.1 Å². The van der Waals surface area contributed by atoms with Gasteiger partial charge in [-0.1, -0.05) is 18.2 Å². The number of aromatic amines is 2. The number of para-hydroxylation sites is 1. The number of H-pyrrole nitrogens is 2. The molecule has 0 aliphatic heterocycles. The number of aromatic nitrogens is 5. The zero-order valence-electron chi connectivity index (χ0n) is 18.6. The first-order valence-electron chi connectivity index (χ1n) is 11.1. The summed E-state index contributed by atoms with van der Waals surface area (Å²) in [5.74, 6) is 2.04. The van der Waals surface area contributed by atoms with E-state index >= 15 is 0 Å². The van der Waals surface area contributed by atoms with Crippen molar-refractivity contribution < 1.29 is 4.74 Å². The molecule has 0 atom stereocenters. The van der Waals surface area contributed by atoms with Crippen molar-refractivity contribution in [3.8, 4) is 5.75 Å². The Labute approximate surface area is 195 Å². The van der Waals surface area contributed by atoms with Crippen LogP contribution in [0.25, 0.3) is 32.7 Å². The number of nitrogens with zero attached hydrogens (tertiary/aromatic N) is 3. The van der Waals surface area contributed by atoms with E-state index in [4.69, 9.17) is 14.7 Å². The summed E-state index contributed by atoms with van der Waals surface area (Å²) in [5, 5.41) is 17.1. The molecule has 0 saturated carbocycles. The summed E-state index contributed by atoms with van der Waals surface area (Å²) in [6.45, 7) is 0.737. The molecular weight excluding hydrogens is 426 g/mol. The molecule has 0 fully saturated rings. The predicted molar refractivity (Wildman–Crippen MR) is 136 cm³/mol. The Morgan fingerprint density at radius 2 is 1.88 bits per heavy atom. The molecule has 0 aliphatic carbocycles. The number of fused-ring (bicyclic) bond motifs is 3. The molecule has 3 aromatic heterocycles. The van der Waals surface area contributed by atoms with Gasteiger partial charge in [-0.2, -0.15) is 10.1 Å². The molecule has 4 N–H and O–H groups in total. The number of rotatable bonds is 7. The summed E-state index contributed by atoms with van der Waals surface area (Å²) < 4.78 is 5.42. The molecule has 8 heteroatoms. The zero-order valence-corrected chi connectivity index (χ0v) is 18.6. The molecule has 168 valence electrons. The third-order valence-electron chi connectivity index (χ3n) is 5.96. The molecule has 8 nitrogen and oxygen atoms in total. The molecule has 0 aliphatic rings. The molecule has 0 bridgehead atoms. The predicted octanol–water partition coefficient (Wildman–Crippen LogP) is 5.39. The lowest BCUT2D eigenvalue weighted by Crippen LogP contribution is -2.09. The van der Waals surface area contributed by atoms with Gasteiger partial charge in [0, 0.05) is 46.2 Å². The number of anilines is 3. The minimum absolute atomic E-state index is 0.512. The van der Waals surface area contributed by atoms with E-state index in [9.17, 15) is 0 Å². The van der Waals surface area contributed by atoms with Crippen molar-refractivity contribution in [2.75, 3.05) is 24.3 Å². The van der Waals surface area contributed by atoms with E-state index in [1.54, 1.807) is 13.3 Å². The van der Waals surface area contributed by atoms with Crippen molar-refractivity contribution in [2.45, 2.75) is 6.42 Å². The van der Waals surface area contributed by atoms with Gasteiger partial charge >= 0.3 is 0 Å². The summed E-state index contributed by atoms with van der Waals surface area (Å²) in [5.41, 5.74) is 5.10. The van der Waals surface area contributed by atoms with Crippen molar-refractivity contribution in [3.63, 3.8) is 0 Å². The third kappa shape index (κ3) is 3.75. The second-order valence-corrected chi connectivity index (χ2v) is 8.11. The summed E-state index contributed by atoms with van der Waals surface area (Å²) in [6, 6.07) is 20.2. The highest BCUT2D eigenvalue weighted by molar-refractivity contribution is 5.91. The number of ether oxygens (including phenoxy) is 1. The van der Waals surface area contributed by atoms with Crippen LogP contribution in [-0.2, 0) is 6.42 Å². The van der Waals surface area contributed by atoms with Crippen LogP contribution in [0.1, 0.15) is 5.56 Å². The molecule has 34 heavy (non-hydrogen) atoms. The Hall–Kier alpha value is -4.59. The van der Waals surface area contributed by atoms with Gasteiger partial charge < -0.3 is 20.4 Å². The van der Waals surface area contributed by atoms with Crippen LogP contribution in [0, 0.1) is 0 Å². The van der Waals surface area contributed by atoms with Gasteiger partial charge in [0.1, 0.15) is 11.6 Å². The second kappa shape index (κ2) is 8.40. The van der Waals surface area contributed by atoms with E-state index in [-0.39, 0.29) is 0 Å². The Kier molecular flexibility index (Phi) is 4.95. The molecule has 0 unspecified atom stereocenters. The van der Waals surface area contributed by atoms with Crippen molar-refractivity contribution in [2.24, 2.45) is 0 Å². The van der Waals surface area contributed by atoms with E-state index < -0.39 is 0 Å². The van der Waals surface area contributed by atoms with Gasteiger partial charge in [0.15, 0.2) is 0 Å². The van der Waals surface area contributed by atoms with Crippen molar-refractivity contribution in [3.05, 3.63) is 78.6 Å². The Morgan fingerprint density at radius 1 is 0.941 bits per heavy atom. The molecule has 0 amide bonds. The molecule has 6 aromatic rings. The normalized spacial score (nSPS) is 11.3. The lowest BCUT2D eigenvalue weighted by Gasteiger charge is -2.13. The molecule has 0 radical (unpaired) electrons. The first kappa shape index (κ1) is 20.0. The maximum atomic E-state index is 5.42. The van der Waals surface area contributed by atoms with E-state index in [2.05, 4.69) is 50.2 Å². The Morgan fingerprint density at radius 3 is 2.82 bits per heavy atom. The summed E-state index contributed by atoms with van der Waals surface area (Å²) in [6.07, 6.45) is 4.74. The monoisotopic (exact) mass is 449 g/mol. The fraction of sp³-hybridized carbons (Fsp3) is 0.115. The number of benzene rings is 3. The summed E-state index contributed by atoms with van der Waals surface area (Å²) in [4.78, 5) is 12.9. The van der Waals surface area contributed by atoms with Crippen LogP contribution < -0.4 is 15.4 Å². The maximum Gasteiger partial charge on any atom is 0.229 e. The highest BCUT2D eigenvalue weighted by atomic mass is 16.5. The summed E-state index contributed by atoms with van der Waals surface area (Å²) >= 11 is 0. The van der Waals surface area contributed by atoms with E-state index in [1.807, 2.05) is 42.5 Å². The number of hydrogen-bond donors (Lipinski definition) is 4. The lowest BCUT2D eigenvalue weighted by atomic mass is 10.1. The standard InChI is InChI=1S/C26H23N7O/c1-34-19-7-8-21-24(13-19)31-26(30-18-6-9-22-17(12-18)15-29-33-22)32-25(21)27-11-10-16-14-28-23-5-3-2-4-20(16)23/h2-9,12-15,28H,10-11H2,1H3,(H,29,33)(H2,27,30,31,32).